The number of nitrogens with one attached hydrogen (secondary N) is 2. The van der Waals surface area contributed by atoms with Crippen LogP contribution in [0.2, 0.25) is 0 Å². The standard InChI is InChI=1S/C12H23N3O2/c1-9(8-17-2)13-12(16)14-10-5-7-15-6-3-4-11(10)15/h9-11H,3-8H2,1-2H3,(H2,13,14,16)/t9-,10+,11-/m0/s1. The van der Waals surface area contributed by atoms with E-state index in [4.69, 9.17) is 4.74 Å². The first-order chi connectivity index (χ1) is 8.20. The fraction of sp³-hybridized carbons (Fsp3) is 0.917. The fourth-order valence-corrected chi connectivity index (χ4v) is 2.98. The van der Waals surface area contributed by atoms with Crippen LogP contribution in [0, 0.1) is 0 Å². The Labute approximate surface area is 103 Å². The second kappa shape index (κ2) is 5.69. The van der Waals surface area contributed by atoms with Gasteiger partial charge in [-0.25, -0.2) is 4.79 Å². The van der Waals surface area contributed by atoms with Crippen LogP contribution in [0.15, 0.2) is 0 Å². The summed E-state index contributed by atoms with van der Waals surface area (Å²) < 4.78 is 4.99. The zero-order chi connectivity index (χ0) is 12.3. The highest BCUT2D eigenvalue weighted by atomic mass is 16.5. The van der Waals surface area contributed by atoms with Gasteiger partial charge in [-0.3, -0.25) is 4.90 Å². The van der Waals surface area contributed by atoms with Gasteiger partial charge in [0, 0.05) is 25.7 Å². The predicted octanol–water partition coefficient (Wildman–Crippen LogP) is 0.557. The molecule has 2 aliphatic heterocycles. The predicted molar refractivity (Wildman–Crippen MR) is 66.0 cm³/mol. The molecule has 0 bridgehead atoms. The number of urea groups is 1. The van der Waals surface area contributed by atoms with Gasteiger partial charge in [0.15, 0.2) is 0 Å². The molecule has 17 heavy (non-hydrogen) atoms. The van der Waals surface area contributed by atoms with Crippen molar-refractivity contribution >= 4 is 6.03 Å². The molecule has 2 aliphatic rings. The van der Waals surface area contributed by atoms with Crippen molar-refractivity contribution in [2.45, 2.75) is 44.3 Å². The number of nitrogens with zero attached hydrogens (tertiary/aromatic N) is 1. The number of rotatable bonds is 4. The van der Waals surface area contributed by atoms with Crippen LogP contribution in [0.4, 0.5) is 4.79 Å². The van der Waals surface area contributed by atoms with Gasteiger partial charge in [-0.2, -0.15) is 0 Å². The third-order valence-corrected chi connectivity index (χ3v) is 3.72. The summed E-state index contributed by atoms with van der Waals surface area (Å²) in [4.78, 5) is 14.3. The van der Waals surface area contributed by atoms with Crippen LogP contribution in [-0.2, 0) is 4.74 Å². The van der Waals surface area contributed by atoms with E-state index in [9.17, 15) is 4.79 Å². The molecule has 2 N–H and O–H groups in total. The lowest BCUT2D eigenvalue weighted by Gasteiger charge is -2.22. The van der Waals surface area contributed by atoms with E-state index in [1.54, 1.807) is 7.11 Å². The average Bonchev–Trinajstić information content (AvgIpc) is 2.83. The van der Waals surface area contributed by atoms with Crippen LogP contribution in [0.1, 0.15) is 26.2 Å². The van der Waals surface area contributed by atoms with Crippen molar-refractivity contribution in [3.63, 3.8) is 0 Å². The van der Waals surface area contributed by atoms with E-state index in [-0.39, 0.29) is 12.1 Å². The summed E-state index contributed by atoms with van der Waals surface area (Å²) in [6.45, 7) is 4.82. The molecular formula is C12H23N3O2. The number of fused-ring (bicyclic) bond motifs is 1. The maximum atomic E-state index is 11.8. The summed E-state index contributed by atoms with van der Waals surface area (Å²) in [5, 5.41) is 5.99. The first kappa shape index (κ1) is 12.6. The Hall–Kier alpha value is -0.810. The molecular weight excluding hydrogens is 218 g/mol. The highest BCUT2D eigenvalue weighted by Gasteiger charge is 2.37. The highest BCUT2D eigenvalue weighted by Crippen LogP contribution is 2.27. The summed E-state index contributed by atoms with van der Waals surface area (Å²) in [5.74, 6) is 0. The van der Waals surface area contributed by atoms with E-state index in [0.717, 1.165) is 13.0 Å². The van der Waals surface area contributed by atoms with E-state index in [0.29, 0.717) is 18.7 Å². The van der Waals surface area contributed by atoms with Crippen molar-refractivity contribution in [3.8, 4) is 0 Å². The quantitative estimate of drug-likeness (QED) is 0.756. The Kier molecular flexibility index (Phi) is 4.23. The molecule has 2 fully saturated rings. The number of carbonyl (C=O) groups is 1. The van der Waals surface area contributed by atoms with Gasteiger partial charge in [0.1, 0.15) is 0 Å². The lowest BCUT2D eigenvalue weighted by molar-refractivity contribution is 0.169. The van der Waals surface area contributed by atoms with Crippen molar-refractivity contribution in [3.05, 3.63) is 0 Å². The summed E-state index contributed by atoms with van der Waals surface area (Å²) in [6.07, 6.45) is 3.57. The molecule has 0 saturated carbocycles. The number of methoxy groups -OCH3 is 1. The second-order valence-electron chi connectivity index (χ2n) is 5.11. The second-order valence-corrected chi connectivity index (χ2v) is 5.11. The normalized spacial score (nSPS) is 30.0. The van der Waals surface area contributed by atoms with Gasteiger partial charge in [0.25, 0.3) is 0 Å². The molecule has 5 nitrogen and oxygen atoms in total. The van der Waals surface area contributed by atoms with Crippen LogP contribution in [0.5, 0.6) is 0 Å². The fourth-order valence-electron chi connectivity index (χ4n) is 2.98. The number of hydrogen-bond donors (Lipinski definition) is 2. The Morgan fingerprint density at radius 2 is 2.29 bits per heavy atom. The lowest BCUT2D eigenvalue weighted by atomic mass is 10.1. The van der Waals surface area contributed by atoms with Crippen LogP contribution in [-0.4, -0.2) is 55.9 Å². The van der Waals surface area contributed by atoms with Gasteiger partial charge >= 0.3 is 6.03 Å². The Morgan fingerprint density at radius 3 is 3.06 bits per heavy atom. The molecule has 0 aliphatic carbocycles. The van der Waals surface area contributed by atoms with Gasteiger partial charge < -0.3 is 15.4 Å². The van der Waals surface area contributed by atoms with Crippen LogP contribution >= 0.6 is 0 Å². The zero-order valence-corrected chi connectivity index (χ0v) is 10.7. The molecule has 5 heteroatoms. The molecule has 2 amide bonds. The SMILES string of the molecule is COC[C@H](C)NC(=O)N[C@@H]1CCN2CCC[C@@H]12. The first-order valence-electron chi connectivity index (χ1n) is 6.50. The van der Waals surface area contributed by atoms with Gasteiger partial charge in [0.05, 0.1) is 12.6 Å². The summed E-state index contributed by atoms with van der Waals surface area (Å²) in [7, 11) is 1.64. The molecule has 2 saturated heterocycles. The molecule has 98 valence electrons. The van der Waals surface area contributed by atoms with Crippen molar-refractivity contribution in [1.82, 2.24) is 15.5 Å². The van der Waals surface area contributed by atoms with Gasteiger partial charge in [0.2, 0.25) is 0 Å². The summed E-state index contributed by atoms with van der Waals surface area (Å²) >= 11 is 0. The van der Waals surface area contributed by atoms with Gasteiger partial charge in [-0.05, 0) is 32.7 Å². The molecule has 0 radical (unpaired) electrons. The van der Waals surface area contributed by atoms with Crippen LogP contribution < -0.4 is 10.6 Å². The van der Waals surface area contributed by atoms with Crippen molar-refractivity contribution < 1.29 is 9.53 Å². The third kappa shape index (κ3) is 3.10. The topological polar surface area (TPSA) is 53.6 Å². The number of amides is 2. The van der Waals surface area contributed by atoms with Crippen molar-refractivity contribution in [2.75, 3.05) is 26.8 Å². The van der Waals surface area contributed by atoms with E-state index >= 15 is 0 Å². The first-order valence-corrected chi connectivity index (χ1v) is 6.50. The molecule has 2 heterocycles. The minimum absolute atomic E-state index is 0.0566. The van der Waals surface area contributed by atoms with Crippen LogP contribution in [0.25, 0.3) is 0 Å². The molecule has 3 atom stereocenters. The van der Waals surface area contributed by atoms with Crippen molar-refractivity contribution in [2.24, 2.45) is 0 Å². The Morgan fingerprint density at radius 1 is 1.47 bits per heavy atom. The number of carbonyl (C=O) groups excluding carboxylic acids is 1. The molecule has 0 unspecified atom stereocenters. The zero-order valence-electron chi connectivity index (χ0n) is 10.7. The maximum Gasteiger partial charge on any atom is 0.315 e. The molecule has 2 rings (SSSR count). The molecule has 0 aromatic heterocycles. The monoisotopic (exact) mass is 241 g/mol. The van der Waals surface area contributed by atoms with E-state index < -0.39 is 0 Å². The average molecular weight is 241 g/mol. The summed E-state index contributed by atoms with van der Waals surface area (Å²) in [5.41, 5.74) is 0. The molecule has 0 aromatic carbocycles. The van der Waals surface area contributed by atoms with E-state index in [1.807, 2.05) is 6.92 Å². The van der Waals surface area contributed by atoms with Gasteiger partial charge in [-0.1, -0.05) is 0 Å². The molecule has 0 spiro atoms. The minimum atomic E-state index is -0.0618. The Bertz CT molecular complexity index is 272. The van der Waals surface area contributed by atoms with Gasteiger partial charge in [-0.15, -0.1) is 0 Å². The van der Waals surface area contributed by atoms with E-state index in [1.165, 1.54) is 19.4 Å². The largest absolute Gasteiger partial charge is 0.383 e. The smallest absolute Gasteiger partial charge is 0.315 e. The third-order valence-electron chi connectivity index (χ3n) is 3.72. The van der Waals surface area contributed by atoms with Crippen molar-refractivity contribution in [1.29, 1.82) is 0 Å². The number of ether oxygens (including phenoxy) is 1. The molecule has 0 aromatic rings. The summed E-state index contributed by atoms with van der Waals surface area (Å²) in [6, 6.07) is 0.889. The maximum absolute atomic E-state index is 11.8. The Balaban J connectivity index is 1.75. The lowest BCUT2D eigenvalue weighted by Crippen LogP contribution is -2.49. The van der Waals surface area contributed by atoms with Crippen LogP contribution in [0.3, 0.4) is 0 Å². The van der Waals surface area contributed by atoms with E-state index in [2.05, 4.69) is 15.5 Å². The minimum Gasteiger partial charge on any atom is -0.383 e. The highest BCUT2D eigenvalue weighted by molar-refractivity contribution is 5.74. The number of hydrogen-bond acceptors (Lipinski definition) is 3.